The zero-order valence-electron chi connectivity index (χ0n) is 11.3. The van der Waals surface area contributed by atoms with Crippen LogP contribution in [0.3, 0.4) is 0 Å². The Kier molecular flexibility index (Phi) is 4.91. The van der Waals surface area contributed by atoms with E-state index in [9.17, 15) is 9.18 Å². The fraction of sp³-hybridized carbons (Fsp3) is 0.533. The van der Waals surface area contributed by atoms with E-state index in [0.717, 1.165) is 25.9 Å². The molecule has 1 aromatic carbocycles. The first-order valence-corrected chi connectivity index (χ1v) is 6.91. The highest BCUT2D eigenvalue weighted by Crippen LogP contribution is 2.19. The minimum atomic E-state index is -0.282. The number of rotatable bonds is 4. The summed E-state index contributed by atoms with van der Waals surface area (Å²) in [5.74, 6) is 0.203. The van der Waals surface area contributed by atoms with Crippen LogP contribution in [0.5, 0.6) is 0 Å². The highest BCUT2D eigenvalue weighted by molar-refractivity contribution is 5.76. The first kappa shape index (κ1) is 14.0. The zero-order valence-corrected chi connectivity index (χ0v) is 11.3. The second-order valence-corrected chi connectivity index (χ2v) is 5.21. The molecular formula is C15H21FN2O. The average Bonchev–Trinajstić information content (AvgIpc) is 2.40. The van der Waals surface area contributed by atoms with Gasteiger partial charge < -0.3 is 10.6 Å². The molecule has 0 aromatic heterocycles. The van der Waals surface area contributed by atoms with Gasteiger partial charge in [0, 0.05) is 12.0 Å². The second kappa shape index (κ2) is 6.66. The van der Waals surface area contributed by atoms with Crippen LogP contribution in [-0.2, 0) is 4.79 Å². The van der Waals surface area contributed by atoms with E-state index in [-0.39, 0.29) is 17.8 Å². The number of amides is 1. The van der Waals surface area contributed by atoms with Crippen LogP contribution in [-0.4, -0.2) is 19.0 Å². The van der Waals surface area contributed by atoms with Crippen LogP contribution < -0.4 is 10.6 Å². The maximum atomic E-state index is 13.6. The molecule has 1 unspecified atom stereocenters. The van der Waals surface area contributed by atoms with Gasteiger partial charge >= 0.3 is 0 Å². The van der Waals surface area contributed by atoms with Gasteiger partial charge in [0.15, 0.2) is 0 Å². The molecule has 0 aliphatic carbocycles. The van der Waals surface area contributed by atoms with Crippen LogP contribution in [0.4, 0.5) is 4.39 Å². The summed E-state index contributed by atoms with van der Waals surface area (Å²) in [7, 11) is 0. The summed E-state index contributed by atoms with van der Waals surface area (Å²) in [5, 5.41) is 6.17. The number of hydrogen-bond donors (Lipinski definition) is 2. The van der Waals surface area contributed by atoms with Gasteiger partial charge in [0.25, 0.3) is 0 Å². The number of piperidine rings is 1. The molecule has 1 aliphatic heterocycles. The summed E-state index contributed by atoms with van der Waals surface area (Å²) in [4.78, 5) is 12.0. The molecule has 1 heterocycles. The van der Waals surface area contributed by atoms with E-state index in [4.69, 9.17) is 0 Å². The Bertz CT molecular complexity index is 430. The highest BCUT2D eigenvalue weighted by atomic mass is 19.1. The minimum absolute atomic E-state index is 0.0163. The third kappa shape index (κ3) is 4.03. The lowest BCUT2D eigenvalue weighted by atomic mass is 9.94. The van der Waals surface area contributed by atoms with E-state index in [1.165, 1.54) is 6.07 Å². The Labute approximate surface area is 113 Å². The van der Waals surface area contributed by atoms with Crippen molar-refractivity contribution in [2.75, 3.05) is 13.1 Å². The molecule has 0 saturated carbocycles. The van der Waals surface area contributed by atoms with Crippen LogP contribution in [0, 0.1) is 11.7 Å². The van der Waals surface area contributed by atoms with Gasteiger partial charge in [0.1, 0.15) is 5.82 Å². The van der Waals surface area contributed by atoms with Crippen molar-refractivity contribution in [1.82, 2.24) is 10.6 Å². The molecule has 4 heteroatoms. The third-order valence-electron chi connectivity index (χ3n) is 3.68. The number of benzene rings is 1. The standard InChI is InChI=1S/C15H21FN2O/c1-11(13-4-2-3-5-14(13)16)18-15(19)10-12-6-8-17-9-7-12/h2-5,11-12,17H,6-10H2,1H3,(H,18,19). The van der Waals surface area contributed by atoms with Crippen molar-refractivity contribution >= 4 is 5.91 Å². The van der Waals surface area contributed by atoms with Crippen molar-refractivity contribution in [3.63, 3.8) is 0 Å². The Morgan fingerprint density at radius 1 is 1.42 bits per heavy atom. The van der Waals surface area contributed by atoms with Gasteiger partial charge in [0.2, 0.25) is 5.91 Å². The number of hydrogen-bond acceptors (Lipinski definition) is 2. The third-order valence-corrected chi connectivity index (χ3v) is 3.68. The molecule has 19 heavy (non-hydrogen) atoms. The monoisotopic (exact) mass is 264 g/mol. The fourth-order valence-electron chi connectivity index (χ4n) is 2.55. The Morgan fingerprint density at radius 3 is 2.79 bits per heavy atom. The molecule has 1 aromatic rings. The molecule has 0 radical (unpaired) electrons. The molecule has 0 spiro atoms. The van der Waals surface area contributed by atoms with Gasteiger partial charge in [-0.3, -0.25) is 4.79 Å². The molecule has 2 N–H and O–H groups in total. The molecule has 0 bridgehead atoms. The molecule has 3 nitrogen and oxygen atoms in total. The van der Waals surface area contributed by atoms with Crippen molar-refractivity contribution in [2.45, 2.75) is 32.2 Å². The fourth-order valence-corrected chi connectivity index (χ4v) is 2.55. The summed E-state index contributed by atoms with van der Waals surface area (Å²) in [6, 6.07) is 6.29. The van der Waals surface area contributed by atoms with Gasteiger partial charge in [-0.15, -0.1) is 0 Å². The largest absolute Gasteiger partial charge is 0.349 e. The van der Waals surface area contributed by atoms with Crippen LogP contribution in [0.2, 0.25) is 0 Å². The number of carbonyl (C=O) groups excluding carboxylic acids is 1. The SMILES string of the molecule is CC(NC(=O)CC1CCNCC1)c1ccccc1F. The smallest absolute Gasteiger partial charge is 0.220 e. The molecule has 1 amide bonds. The summed E-state index contributed by atoms with van der Waals surface area (Å²) in [5.41, 5.74) is 0.543. The summed E-state index contributed by atoms with van der Waals surface area (Å²) >= 11 is 0. The molecule has 1 atom stereocenters. The predicted molar refractivity (Wildman–Crippen MR) is 73.2 cm³/mol. The van der Waals surface area contributed by atoms with Crippen molar-refractivity contribution < 1.29 is 9.18 Å². The van der Waals surface area contributed by atoms with Gasteiger partial charge in [-0.1, -0.05) is 18.2 Å². The summed E-state index contributed by atoms with van der Waals surface area (Å²) in [6.45, 7) is 3.79. The number of nitrogens with one attached hydrogen (secondary N) is 2. The molecule has 1 aliphatic rings. The molecular weight excluding hydrogens is 243 g/mol. The Morgan fingerprint density at radius 2 is 2.11 bits per heavy atom. The first-order chi connectivity index (χ1) is 9.16. The predicted octanol–water partition coefficient (Wildman–Crippen LogP) is 2.39. The summed E-state index contributed by atoms with van der Waals surface area (Å²) < 4.78 is 13.6. The molecule has 1 saturated heterocycles. The zero-order chi connectivity index (χ0) is 13.7. The highest BCUT2D eigenvalue weighted by Gasteiger charge is 2.19. The van der Waals surface area contributed by atoms with Crippen LogP contribution in [0.15, 0.2) is 24.3 Å². The van der Waals surface area contributed by atoms with E-state index in [1.807, 2.05) is 6.92 Å². The Hall–Kier alpha value is -1.42. The second-order valence-electron chi connectivity index (χ2n) is 5.21. The first-order valence-electron chi connectivity index (χ1n) is 6.91. The Balaban J connectivity index is 1.86. The number of halogens is 1. The van der Waals surface area contributed by atoms with Crippen LogP contribution in [0.1, 0.15) is 37.8 Å². The van der Waals surface area contributed by atoms with Crippen molar-refractivity contribution in [1.29, 1.82) is 0 Å². The van der Waals surface area contributed by atoms with Gasteiger partial charge in [0.05, 0.1) is 6.04 Å². The van der Waals surface area contributed by atoms with E-state index in [2.05, 4.69) is 10.6 Å². The number of carbonyl (C=O) groups is 1. The minimum Gasteiger partial charge on any atom is -0.349 e. The average molecular weight is 264 g/mol. The van der Waals surface area contributed by atoms with Crippen LogP contribution in [0.25, 0.3) is 0 Å². The van der Waals surface area contributed by atoms with Gasteiger partial charge in [-0.25, -0.2) is 4.39 Å². The molecule has 104 valence electrons. The molecule has 2 rings (SSSR count). The van der Waals surface area contributed by atoms with Crippen molar-refractivity contribution in [2.24, 2.45) is 5.92 Å². The lowest BCUT2D eigenvalue weighted by molar-refractivity contribution is -0.122. The van der Waals surface area contributed by atoms with E-state index < -0.39 is 0 Å². The van der Waals surface area contributed by atoms with Crippen molar-refractivity contribution in [3.8, 4) is 0 Å². The lowest BCUT2D eigenvalue weighted by Gasteiger charge is -2.23. The molecule has 1 fully saturated rings. The van der Waals surface area contributed by atoms with E-state index in [0.29, 0.717) is 17.9 Å². The topological polar surface area (TPSA) is 41.1 Å². The lowest BCUT2D eigenvalue weighted by Crippen LogP contribution is -2.33. The van der Waals surface area contributed by atoms with Gasteiger partial charge in [-0.2, -0.15) is 0 Å². The normalized spacial score (nSPS) is 18.0. The maximum Gasteiger partial charge on any atom is 0.220 e. The quantitative estimate of drug-likeness (QED) is 0.876. The van der Waals surface area contributed by atoms with E-state index in [1.54, 1.807) is 18.2 Å². The van der Waals surface area contributed by atoms with Crippen LogP contribution >= 0.6 is 0 Å². The van der Waals surface area contributed by atoms with E-state index >= 15 is 0 Å². The summed E-state index contributed by atoms with van der Waals surface area (Å²) in [6.07, 6.45) is 2.63. The van der Waals surface area contributed by atoms with Gasteiger partial charge in [-0.05, 0) is 44.8 Å². The van der Waals surface area contributed by atoms with Crippen molar-refractivity contribution in [3.05, 3.63) is 35.6 Å². The maximum absolute atomic E-state index is 13.6.